The smallest absolute Gasteiger partial charge is 0.239 e. The lowest BCUT2D eigenvalue weighted by molar-refractivity contribution is -0.133. The minimum atomic E-state index is -0.0684. The van der Waals surface area contributed by atoms with Crippen molar-refractivity contribution in [3.05, 3.63) is 35.4 Å². The van der Waals surface area contributed by atoms with Gasteiger partial charge in [-0.25, -0.2) is 0 Å². The van der Waals surface area contributed by atoms with E-state index in [2.05, 4.69) is 29.6 Å². The molecule has 2 heterocycles. The Morgan fingerprint density at radius 1 is 1.25 bits per heavy atom. The molecule has 20 heavy (non-hydrogen) atoms. The third-order valence-corrected chi connectivity index (χ3v) is 4.45. The van der Waals surface area contributed by atoms with Crippen molar-refractivity contribution in [2.75, 3.05) is 26.7 Å². The molecular formula is C16H22N2O2. The van der Waals surface area contributed by atoms with Crippen LogP contribution in [0.1, 0.15) is 17.5 Å². The van der Waals surface area contributed by atoms with Crippen molar-refractivity contribution >= 4 is 5.91 Å². The SMILES string of the molecule is COC1CNC(C(=O)N2CCc3ccccc3CC2)C1. The zero-order valence-corrected chi connectivity index (χ0v) is 12.0. The van der Waals surface area contributed by atoms with Gasteiger partial charge in [-0.2, -0.15) is 0 Å². The number of benzene rings is 1. The van der Waals surface area contributed by atoms with Gasteiger partial charge in [0.2, 0.25) is 5.91 Å². The summed E-state index contributed by atoms with van der Waals surface area (Å²) in [5, 5.41) is 3.28. The highest BCUT2D eigenvalue weighted by atomic mass is 16.5. The average molecular weight is 274 g/mol. The van der Waals surface area contributed by atoms with Crippen LogP contribution in [0.4, 0.5) is 0 Å². The van der Waals surface area contributed by atoms with Crippen LogP contribution in [0, 0.1) is 0 Å². The number of rotatable bonds is 2. The van der Waals surface area contributed by atoms with E-state index in [9.17, 15) is 4.79 Å². The monoisotopic (exact) mass is 274 g/mol. The van der Waals surface area contributed by atoms with Crippen molar-refractivity contribution < 1.29 is 9.53 Å². The van der Waals surface area contributed by atoms with E-state index < -0.39 is 0 Å². The number of carbonyl (C=O) groups is 1. The highest BCUT2D eigenvalue weighted by molar-refractivity contribution is 5.82. The fourth-order valence-electron chi connectivity index (χ4n) is 3.18. The molecule has 108 valence electrons. The van der Waals surface area contributed by atoms with Gasteiger partial charge in [-0.3, -0.25) is 4.79 Å². The summed E-state index contributed by atoms with van der Waals surface area (Å²) >= 11 is 0. The summed E-state index contributed by atoms with van der Waals surface area (Å²) in [6.45, 7) is 2.43. The molecule has 4 heteroatoms. The molecule has 1 amide bonds. The Labute approximate surface area is 120 Å². The minimum absolute atomic E-state index is 0.0684. The molecule has 1 saturated heterocycles. The predicted molar refractivity (Wildman–Crippen MR) is 77.6 cm³/mol. The first-order chi connectivity index (χ1) is 9.78. The first kappa shape index (κ1) is 13.6. The highest BCUT2D eigenvalue weighted by Crippen LogP contribution is 2.18. The molecule has 1 N–H and O–H groups in total. The maximum atomic E-state index is 12.6. The van der Waals surface area contributed by atoms with Crippen molar-refractivity contribution in [3.63, 3.8) is 0 Å². The number of methoxy groups -OCH3 is 1. The van der Waals surface area contributed by atoms with Crippen molar-refractivity contribution in [1.29, 1.82) is 0 Å². The maximum Gasteiger partial charge on any atom is 0.239 e. The van der Waals surface area contributed by atoms with Crippen LogP contribution >= 0.6 is 0 Å². The molecule has 3 rings (SSSR count). The second kappa shape index (κ2) is 5.94. The Morgan fingerprint density at radius 2 is 1.90 bits per heavy atom. The number of fused-ring (bicyclic) bond motifs is 1. The molecule has 0 aromatic heterocycles. The second-order valence-corrected chi connectivity index (χ2v) is 5.65. The van der Waals surface area contributed by atoms with E-state index in [-0.39, 0.29) is 18.1 Å². The lowest BCUT2D eigenvalue weighted by atomic mass is 10.0. The third kappa shape index (κ3) is 2.72. The Balaban J connectivity index is 1.63. The summed E-state index contributed by atoms with van der Waals surface area (Å²) in [5.41, 5.74) is 2.77. The fraction of sp³-hybridized carbons (Fsp3) is 0.562. The Morgan fingerprint density at radius 3 is 2.45 bits per heavy atom. The van der Waals surface area contributed by atoms with Crippen LogP contribution in [0.3, 0.4) is 0 Å². The molecule has 1 fully saturated rings. The van der Waals surface area contributed by atoms with E-state index in [4.69, 9.17) is 4.74 Å². The molecule has 0 bridgehead atoms. The van der Waals surface area contributed by atoms with Crippen molar-refractivity contribution in [2.24, 2.45) is 0 Å². The van der Waals surface area contributed by atoms with E-state index in [0.29, 0.717) is 0 Å². The molecule has 4 nitrogen and oxygen atoms in total. The molecule has 1 aromatic carbocycles. The second-order valence-electron chi connectivity index (χ2n) is 5.65. The average Bonchev–Trinajstić information content (AvgIpc) is 2.86. The van der Waals surface area contributed by atoms with Crippen LogP contribution in [0.15, 0.2) is 24.3 Å². The first-order valence-electron chi connectivity index (χ1n) is 7.39. The van der Waals surface area contributed by atoms with Gasteiger partial charge in [0.1, 0.15) is 0 Å². The zero-order valence-electron chi connectivity index (χ0n) is 12.0. The third-order valence-electron chi connectivity index (χ3n) is 4.45. The lowest BCUT2D eigenvalue weighted by Gasteiger charge is -2.23. The molecule has 2 atom stereocenters. The Kier molecular flexibility index (Phi) is 4.03. The molecule has 2 aliphatic heterocycles. The van der Waals surface area contributed by atoms with Crippen LogP contribution in [0.25, 0.3) is 0 Å². The van der Waals surface area contributed by atoms with Crippen LogP contribution in [0.5, 0.6) is 0 Å². The van der Waals surface area contributed by atoms with Crippen LogP contribution in [-0.2, 0) is 22.4 Å². The summed E-state index contributed by atoms with van der Waals surface area (Å²) in [6, 6.07) is 8.45. The fourth-order valence-corrected chi connectivity index (χ4v) is 3.18. The van der Waals surface area contributed by atoms with Gasteiger partial charge >= 0.3 is 0 Å². The normalized spacial score (nSPS) is 26.1. The summed E-state index contributed by atoms with van der Waals surface area (Å²) in [5.74, 6) is 0.234. The molecule has 2 aliphatic rings. The van der Waals surface area contributed by atoms with E-state index in [1.165, 1.54) is 11.1 Å². The van der Waals surface area contributed by atoms with E-state index in [1.54, 1.807) is 7.11 Å². The largest absolute Gasteiger partial charge is 0.380 e. The van der Waals surface area contributed by atoms with E-state index >= 15 is 0 Å². The number of carbonyl (C=O) groups excluding carboxylic acids is 1. The van der Waals surface area contributed by atoms with Gasteiger partial charge in [-0.15, -0.1) is 0 Å². The first-order valence-corrected chi connectivity index (χ1v) is 7.39. The molecule has 0 aliphatic carbocycles. The lowest BCUT2D eigenvalue weighted by Crippen LogP contribution is -2.44. The summed E-state index contributed by atoms with van der Waals surface area (Å²) in [7, 11) is 1.71. The van der Waals surface area contributed by atoms with Gasteiger partial charge in [0, 0.05) is 26.7 Å². The molecule has 0 saturated carbocycles. The summed E-state index contributed by atoms with van der Waals surface area (Å²) < 4.78 is 5.32. The maximum absolute atomic E-state index is 12.6. The molecule has 0 spiro atoms. The Bertz CT molecular complexity index is 462. The number of amides is 1. The number of hydrogen-bond acceptors (Lipinski definition) is 3. The number of ether oxygens (including phenoxy) is 1. The minimum Gasteiger partial charge on any atom is -0.380 e. The van der Waals surface area contributed by atoms with E-state index in [0.717, 1.165) is 38.9 Å². The van der Waals surface area contributed by atoms with Gasteiger partial charge in [-0.05, 0) is 30.4 Å². The number of nitrogens with one attached hydrogen (secondary N) is 1. The summed E-state index contributed by atoms with van der Waals surface area (Å²) in [6.07, 6.45) is 2.89. The van der Waals surface area contributed by atoms with Gasteiger partial charge in [-0.1, -0.05) is 24.3 Å². The predicted octanol–water partition coefficient (Wildman–Crippen LogP) is 0.991. The van der Waals surface area contributed by atoms with Crippen LogP contribution in [0.2, 0.25) is 0 Å². The van der Waals surface area contributed by atoms with Crippen molar-refractivity contribution in [1.82, 2.24) is 10.2 Å². The Hall–Kier alpha value is -1.39. The van der Waals surface area contributed by atoms with Crippen molar-refractivity contribution in [2.45, 2.75) is 31.4 Å². The standard InChI is InChI=1S/C16H22N2O2/c1-20-14-10-15(17-11-14)16(19)18-8-6-12-4-2-3-5-13(12)7-9-18/h2-5,14-15,17H,6-11H2,1H3. The molecular weight excluding hydrogens is 252 g/mol. The van der Waals surface area contributed by atoms with E-state index in [1.807, 2.05) is 4.90 Å². The quantitative estimate of drug-likeness (QED) is 0.874. The van der Waals surface area contributed by atoms with Gasteiger partial charge < -0.3 is 15.0 Å². The number of nitrogens with zero attached hydrogens (tertiary/aromatic N) is 1. The zero-order chi connectivity index (χ0) is 13.9. The molecule has 2 unspecified atom stereocenters. The van der Waals surface area contributed by atoms with Crippen LogP contribution in [-0.4, -0.2) is 49.7 Å². The van der Waals surface area contributed by atoms with Gasteiger partial charge in [0.05, 0.1) is 12.1 Å². The number of hydrogen-bond donors (Lipinski definition) is 1. The van der Waals surface area contributed by atoms with Crippen molar-refractivity contribution in [3.8, 4) is 0 Å². The summed E-state index contributed by atoms with van der Waals surface area (Å²) in [4.78, 5) is 14.6. The van der Waals surface area contributed by atoms with Gasteiger partial charge in [0.15, 0.2) is 0 Å². The van der Waals surface area contributed by atoms with Crippen LogP contribution < -0.4 is 5.32 Å². The topological polar surface area (TPSA) is 41.6 Å². The highest BCUT2D eigenvalue weighted by Gasteiger charge is 2.32. The van der Waals surface area contributed by atoms with Gasteiger partial charge in [0.25, 0.3) is 0 Å². The molecule has 0 radical (unpaired) electrons. The molecule has 1 aromatic rings.